The lowest BCUT2D eigenvalue weighted by Crippen LogP contribution is -2.48. The van der Waals surface area contributed by atoms with Gasteiger partial charge < -0.3 is 5.11 Å². The molecule has 1 saturated heterocycles. The van der Waals surface area contributed by atoms with Gasteiger partial charge in [-0.25, -0.2) is 0 Å². The fraction of sp³-hybridized carbons (Fsp3) is 0.647. The van der Waals surface area contributed by atoms with Gasteiger partial charge in [0.05, 0.1) is 11.5 Å². The molecule has 1 aliphatic rings. The summed E-state index contributed by atoms with van der Waals surface area (Å²) in [4.78, 5) is 7.63. The van der Waals surface area contributed by atoms with Gasteiger partial charge in [-0.2, -0.15) is 0 Å². The van der Waals surface area contributed by atoms with Crippen LogP contribution in [0.5, 0.6) is 0 Å². The minimum atomic E-state index is 0.145. The molecule has 0 spiro atoms. The molecule has 1 fully saturated rings. The SMILES string of the molecule is CCC(C)N1CCN(Cc2ccc(C#CCCO)s2)CC1. The van der Waals surface area contributed by atoms with Gasteiger partial charge in [-0.1, -0.05) is 18.8 Å². The number of rotatable bonds is 5. The second-order valence-electron chi connectivity index (χ2n) is 5.61. The molecular weight excluding hydrogens is 280 g/mol. The molecular formula is C17H26N2OS. The Morgan fingerprint density at radius 3 is 2.71 bits per heavy atom. The highest BCUT2D eigenvalue weighted by Crippen LogP contribution is 2.19. The number of hydrogen-bond donors (Lipinski definition) is 1. The highest BCUT2D eigenvalue weighted by Gasteiger charge is 2.20. The van der Waals surface area contributed by atoms with E-state index in [1.165, 1.54) is 24.4 Å². The van der Waals surface area contributed by atoms with Gasteiger partial charge in [0.15, 0.2) is 0 Å². The van der Waals surface area contributed by atoms with Crippen LogP contribution in [0.3, 0.4) is 0 Å². The normalized spacial score (nSPS) is 18.2. The Labute approximate surface area is 132 Å². The van der Waals surface area contributed by atoms with E-state index < -0.39 is 0 Å². The van der Waals surface area contributed by atoms with Gasteiger partial charge in [0, 0.05) is 50.1 Å². The van der Waals surface area contributed by atoms with Crippen molar-refractivity contribution in [1.82, 2.24) is 9.80 Å². The molecule has 0 aromatic carbocycles. The average molecular weight is 306 g/mol. The van der Waals surface area contributed by atoms with Crippen LogP contribution in [0.25, 0.3) is 0 Å². The van der Waals surface area contributed by atoms with Gasteiger partial charge in [-0.05, 0) is 25.5 Å². The standard InChI is InChI=1S/C17H26N2OS/c1-3-15(2)19-11-9-18(10-12-19)14-17-8-7-16(21-17)6-4-5-13-20/h7-8,15,20H,3,5,9-14H2,1-2H3. The summed E-state index contributed by atoms with van der Waals surface area (Å²) >= 11 is 1.78. The van der Waals surface area contributed by atoms with Crippen LogP contribution in [-0.4, -0.2) is 53.7 Å². The van der Waals surface area contributed by atoms with Crippen molar-refractivity contribution < 1.29 is 5.11 Å². The van der Waals surface area contributed by atoms with Crippen molar-refractivity contribution in [2.75, 3.05) is 32.8 Å². The van der Waals surface area contributed by atoms with E-state index in [1.54, 1.807) is 11.3 Å². The van der Waals surface area contributed by atoms with Crippen LogP contribution >= 0.6 is 11.3 Å². The molecule has 4 heteroatoms. The van der Waals surface area contributed by atoms with E-state index in [1.807, 2.05) is 0 Å². The lowest BCUT2D eigenvalue weighted by Gasteiger charge is -2.37. The Balaban J connectivity index is 1.80. The van der Waals surface area contributed by atoms with Gasteiger partial charge in [-0.15, -0.1) is 11.3 Å². The maximum atomic E-state index is 8.73. The first-order valence-electron chi connectivity index (χ1n) is 7.87. The molecule has 1 unspecified atom stereocenters. The maximum absolute atomic E-state index is 8.73. The van der Waals surface area contributed by atoms with Gasteiger partial charge in [0.25, 0.3) is 0 Å². The van der Waals surface area contributed by atoms with Crippen molar-refractivity contribution in [3.05, 3.63) is 21.9 Å². The molecule has 1 aromatic heterocycles. The molecule has 2 rings (SSSR count). The molecule has 0 radical (unpaired) electrons. The Bertz CT molecular complexity index is 480. The number of aliphatic hydroxyl groups excluding tert-OH is 1. The van der Waals surface area contributed by atoms with Gasteiger partial charge >= 0.3 is 0 Å². The van der Waals surface area contributed by atoms with Crippen molar-refractivity contribution in [2.24, 2.45) is 0 Å². The van der Waals surface area contributed by atoms with Crippen molar-refractivity contribution in [1.29, 1.82) is 0 Å². The first-order valence-corrected chi connectivity index (χ1v) is 8.69. The fourth-order valence-corrected chi connectivity index (χ4v) is 3.50. The zero-order valence-corrected chi connectivity index (χ0v) is 14.0. The molecule has 2 heterocycles. The van der Waals surface area contributed by atoms with Gasteiger partial charge in [0.1, 0.15) is 0 Å². The van der Waals surface area contributed by atoms with Crippen molar-refractivity contribution in [3.63, 3.8) is 0 Å². The van der Waals surface area contributed by atoms with E-state index in [2.05, 4.69) is 47.6 Å². The van der Waals surface area contributed by atoms with Crippen LogP contribution in [0.1, 0.15) is 36.4 Å². The lowest BCUT2D eigenvalue weighted by molar-refractivity contribution is 0.0970. The van der Waals surface area contributed by atoms with Gasteiger partial charge in [0.2, 0.25) is 0 Å². The van der Waals surface area contributed by atoms with Crippen LogP contribution in [0.4, 0.5) is 0 Å². The number of aliphatic hydroxyl groups is 1. The van der Waals surface area contributed by atoms with E-state index in [9.17, 15) is 0 Å². The predicted molar refractivity (Wildman–Crippen MR) is 89.5 cm³/mol. The van der Waals surface area contributed by atoms with Crippen LogP contribution in [0.15, 0.2) is 12.1 Å². The van der Waals surface area contributed by atoms with Crippen molar-refractivity contribution >= 4 is 11.3 Å². The summed E-state index contributed by atoms with van der Waals surface area (Å²) < 4.78 is 0. The van der Waals surface area contributed by atoms with E-state index >= 15 is 0 Å². The molecule has 0 bridgehead atoms. The fourth-order valence-electron chi connectivity index (χ4n) is 2.58. The summed E-state index contributed by atoms with van der Waals surface area (Å²) in [6.07, 6.45) is 1.80. The summed E-state index contributed by atoms with van der Waals surface area (Å²) in [6.45, 7) is 10.5. The monoisotopic (exact) mass is 306 g/mol. The topological polar surface area (TPSA) is 26.7 Å². The lowest BCUT2D eigenvalue weighted by atomic mass is 10.2. The third-order valence-electron chi connectivity index (χ3n) is 4.11. The molecule has 1 aromatic rings. The largest absolute Gasteiger partial charge is 0.395 e. The Kier molecular flexibility index (Phi) is 6.72. The van der Waals surface area contributed by atoms with Crippen LogP contribution < -0.4 is 0 Å². The molecule has 1 N–H and O–H groups in total. The van der Waals surface area contributed by atoms with E-state index in [0.717, 1.165) is 24.5 Å². The zero-order chi connectivity index (χ0) is 15.1. The van der Waals surface area contributed by atoms with Crippen LogP contribution in [0.2, 0.25) is 0 Å². The van der Waals surface area contributed by atoms with Crippen molar-refractivity contribution in [2.45, 2.75) is 39.3 Å². The van der Waals surface area contributed by atoms with E-state index in [0.29, 0.717) is 12.5 Å². The molecule has 0 amide bonds. The minimum Gasteiger partial charge on any atom is -0.395 e. The molecule has 0 aliphatic carbocycles. The van der Waals surface area contributed by atoms with Crippen LogP contribution in [-0.2, 0) is 6.54 Å². The van der Waals surface area contributed by atoms with Crippen molar-refractivity contribution in [3.8, 4) is 11.8 Å². The van der Waals surface area contributed by atoms with Gasteiger partial charge in [-0.3, -0.25) is 9.80 Å². The third kappa shape index (κ3) is 5.12. The molecule has 3 nitrogen and oxygen atoms in total. The van der Waals surface area contributed by atoms with E-state index in [4.69, 9.17) is 5.11 Å². The Hall–Kier alpha value is -0.860. The maximum Gasteiger partial charge on any atom is 0.0771 e. The summed E-state index contributed by atoms with van der Waals surface area (Å²) in [5.74, 6) is 6.10. The first-order chi connectivity index (χ1) is 10.2. The number of hydrogen-bond acceptors (Lipinski definition) is 4. The molecule has 21 heavy (non-hydrogen) atoms. The highest BCUT2D eigenvalue weighted by molar-refractivity contribution is 7.12. The first kappa shape index (κ1) is 16.5. The average Bonchev–Trinajstić information content (AvgIpc) is 2.95. The zero-order valence-electron chi connectivity index (χ0n) is 13.1. The molecule has 1 aliphatic heterocycles. The predicted octanol–water partition coefficient (Wildman–Crippen LogP) is 2.40. The number of thiophene rings is 1. The molecule has 0 saturated carbocycles. The summed E-state index contributed by atoms with van der Waals surface area (Å²) in [7, 11) is 0. The summed E-state index contributed by atoms with van der Waals surface area (Å²) in [5, 5.41) is 8.73. The molecule has 1 atom stereocenters. The Morgan fingerprint density at radius 2 is 2.05 bits per heavy atom. The third-order valence-corrected chi connectivity index (χ3v) is 5.10. The van der Waals surface area contributed by atoms with E-state index in [-0.39, 0.29) is 6.61 Å². The summed E-state index contributed by atoms with van der Waals surface area (Å²) in [6, 6.07) is 5.00. The Morgan fingerprint density at radius 1 is 1.29 bits per heavy atom. The number of piperazine rings is 1. The molecule has 116 valence electrons. The summed E-state index contributed by atoms with van der Waals surface area (Å²) in [5.41, 5.74) is 0. The quantitative estimate of drug-likeness (QED) is 0.846. The minimum absolute atomic E-state index is 0.145. The highest BCUT2D eigenvalue weighted by atomic mass is 32.1. The van der Waals surface area contributed by atoms with Crippen LogP contribution in [0, 0.1) is 11.8 Å². The second-order valence-corrected chi connectivity index (χ2v) is 6.78. The number of nitrogens with zero attached hydrogens (tertiary/aromatic N) is 2. The smallest absolute Gasteiger partial charge is 0.0771 e. The second kappa shape index (κ2) is 8.55.